The third-order valence-corrected chi connectivity index (χ3v) is 3.04. The van der Waals surface area contributed by atoms with E-state index in [1.165, 1.54) is 12.1 Å². The molecule has 0 saturated carbocycles. The van der Waals surface area contributed by atoms with Gasteiger partial charge in [-0.25, -0.2) is 0 Å². The second-order valence-electron chi connectivity index (χ2n) is 4.67. The Balaban J connectivity index is 1.88. The van der Waals surface area contributed by atoms with Crippen molar-refractivity contribution in [1.82, 2.24) is 0 Å². The van der Waals surface area contributed by atoms with Gasteiger partial charge in [0, 0.05) is 6.07 Å². The molecule has 0 unspecified atom stereocenters. The molecule has 0 spiro atoms. The Morgan fingerprint density at radius 1 is 1.00 bits per heavy atom. The molecule has 0 radical (unpaired) electrons. The van der Waals surface area contributed by atoms with Gasteiger partial charge in [-0.1, -0.05) is 24.3 Å². The van der Waals surface area contributed by atoms with Gasteiger partial charge in [-0.15, -0.1) is 0 Å². The van der Waals surface area contributed by atoms with Crippen LogP contribution in [0.25, 0.3) is 0 Å². The Morgan fingerprint density at radius 3 is 2.29 bits per heavy atom. The fourth-order valence-corrected chi connectivity index (χ4v) is 2.02. The summed E-state index contributed by atoms with van der Waals surface area (Å²) >= 11 is 0. The van der Waals surface area contributed by atoms with Crippen molar-refractivity contribution in [3.8, 4) is 11.5 Å². The number of nitro groups is 1. The highest BCUT2D eigenvalue weighted by Crippen LogP contribution is 2.22. The maximum atomic E-state index is 10.7. The molecule has 0 aromatic heterocycles. The highest BCUT2D eigenvalue weighted by molar-refractivity contribution is 5.40. The number of para-hydroxylation sites is 1. The fraction of sp³-hybridized carbons (Fsp3) is 0.250. The number of benzene rings is 2. The molecule has 0 amide bonds. The van der Waals surface area contributed by atoms with E-state index >= 15 is 0 Å². The van der Waals surface area contributed by atoms with Gasteiger partial charge in [-0.3, -0.25) is 10.1 Å². The summed E-state index contributed by atoms with van der Waals surface area (Å²) in [6.45, 7) is 4.69. The first-order valence-corrected chi connectivity index (χ1v) is 6.64. The second-order valence-corrected chi connectivity index (χ2v) is 4.67. The molecule has 0 saturated heterocycles. The van der Waals surface area contributed by atoms with Crippen molar-refractivity contribution in [3.63, 3.8) is 0 Å². The summed E-state index contributed by atoms with van der Waals surface area (Å²) in [6.07, 6.45) is 0. The minimum Gasteiger partial charge on any atom is -0.490 e. The molecule has 0 heterocycles. The minimum absolute atomic E-state index is 0.0168. The Kier molecular flexibility index (Phi) is 4.77. The highest BCUT2D eigenvalue weighted by atomic mass is 16.6. The summed E-state index contributed by atoms with van der Waals surface area (Å²) in [5, 5.41) is 10.7. The van der Waals surface area contributed by atoms with Crippen LogP contribution in [0.2, 0.25) is 0 Å². The van der Waals surface area contributed by atoms with Gasteiger partial charge in [0.05, 0.1) is 11.0 Å². The minimum atomic E-state index is -0.444. The summed E-state index contributed by atoms with van der Waals surface area (Å²) < 4.78 is 11.2. The topological polar surface area (TPSA) is 61.6 Å². The van der Waals surface area contributed by atoms with Crippen LogP contribution in [0.15, 0.2) is 42.5 Å². The Bertz CT molecular complexity index is 620. The van der Waals surface area contributed by atoms with Crippen molar-refractivity contribution in [1.29, 1.82) is 0 Å². The van der Waals surface area contributed by atoms with Crippen LogP contribution in [0.3, 0.4) is 0 Å². The predicted octanol–water partition coefficient (Wildman–Crippen LogP) is 3.67. The van der Waals surface area contributed by atoms with Crippen LogP contribution >= 0.6 is 0 Å². The zero-order valence-corrected chi connectivity index (χ0v) is 12.0. The van der Waals surface area contributed by atoms with Crippen molar-refractivity contribution in [2.24, 2.45) is 0 Å². The molecule has 5 nitrogen and oxygen atoms in total. The number of hydrogen-bond acceptors (Lipinski definition) is 4. The smallest absolute Gasteiger partial charge is 0.273 e. The Morgan fingerprint density at radius 2 is 1.62 bits per heavy atom. The first-order chi connectivity index (χ1) is 10.1. The average molecular weight is 287 g/mol. The molecule has 0 atom stereocenters. The van der Waals surface area contributed by atoms with Crippen molar-refractivity contribution < 1.29 is 14.4 Å². The highest BCUT2D eigenvalue weighted by Gasteiger charge is 2.07. The van der Waals surface area contributed by atoms with Gasteiger partial charge in [0.25, 0.3) is 5.69 Å². The van der Waals surface area contributed by atoms with Crippen LogP contribution in [-0.2, 0) is 0 Å². The lowest BCUT2D eigenvalue weighted by Gasteiger charge is -2.12. The molecule has 110 valence electrons. The summed E-state index contributed by atoms with van der Waals surface area (Å²) in [5.41, 5.74) is 2.17. The van der Waals surface area contributed by atoms with Crippen LogP contribution < -0.4 is 9.47 Å². The lowest BCUT2D eigenvalue weighted by atomic mass is 10.1. The van der Waals surface area contributed by atoms with Gasteiger partial charge in [-0.05, 0) is 31.0 Å². The van der Waals surface area contributed by atoms with E-state index in [4.69, 9.17) is 9.47 Å². The van der Waals surface area contributed by atoms with E-state index < -0.39 is 4.92 Å². The first kappa shape index (κ1) is 14.8. The molecule has 2 aromatic carbocycles. The summed E-state index contributed by atoms with van der Waals surface area (Å²) in [5.74, 6) is 1.33. The largest absolute Gasteiger partial charge is 0.490 e. The molecular formula is C16H17NO4. The molecular weight excluding hydrogens is 270 g/mol. The molecule has 0 fully saturated rings. The van der Waals surface area contributed by atoms with Crippen molar-refractivity contribution in [2.75, 3.05) is 13.2 Å². The Hall–Kier alpha value is -2.56. The standard InChI is InChI=1S/C16H17NO4/c1-12-5-3-6-13(2)16(12)21-10-9-20-15-8-4-7-14(11-15)17(18)19/h3-8,11H,9-10H2,1-2H3. The van der Waals surface area contributed by atoms with Gasteiger partial charge < -0.3 is 9.47 Å². The average Bonchev–Trinajstić information content (AvgIpc) is 2.46. The van der Waals surface area contributed by atoms with Gasteiger partial charge in [-0.2, -0.15) is 0 Å². The third-order valence-electron chi connectivity index (χ3n) is 3.04. The maximum Gasteiger partial charge on any atom is 0.273 e. The lowest BCUT2D eigenvalue weighted by Crippen LogP contribution is -2.10. The van der Waals surface area contributed by atoms with Gasteiger partial charge in [0.15, 0.2) is 0 Å². The number of aryl methyl sites for hydroxylation is 2. The lowest BCUT2D eigenvalue weighted by molar-refractivity contribution is -0.384. The predicted molar refractivity (Wildman–Crippen MR) is 80.0 cm³/mol. The van der Waals surface area contributed by atoms with E-state index in [-0.39, 0.29) is 5.69 Å². The van der Waals surface area contributed by atoms with E-state index in [0.717, 1.165) is 16.9 Å². The van der Waals surface area contributed by atoms with E-state index in [0.29, 0.717) is 19.0 Å². The first-order valence-electron chi connectivity index (χ1n) is 6.64. The van der Waals surface area contributed by atoms with E-state index in [2.05, 4.69) is 0 Å². The summed E-state index contributed by atoms with van der Waals surface area (Å²) in [4.78, 5) is 10.2. The number of rotatable bonds is 6. The molecule has 5 heteroatoms. The van der Waals surface area contributed by atoms with Crippen LogP contribution in [0.4, 0.5) is 5.69 Å². The third kappa shape index (κ3) is 3.95. The van der Waals surface area contributed by atoms with E-state index in [9.17, 15) is 10.1 Å². The van der Waals surface area contributed by atoms with Crippen LogP contribution in [0, 0.1) is 24.0 Å². The van der Waals surface area contributed by atoms with Crippen molar-refractivity contribution >= 4 is 5.69 Å². The monoisotopic (exact) mass is 287 g/mol. The molecule has 2 rings (SSSR count). The van der Waals surface area contributed by atoms with Crippen molar-refractivity contribution in [3.05, 3.63) is 63.7 Å². The number of nitrogens with zero attached hydrogens (tertiary/aromatic N) is 1. The summed E-state index contributed by atoms with van der Waals surface area (Å²) in [7, 11) is 0. The van der Waals surface area contributed by atoms with Crippen LogP contribution in [0.1, 0.15) is 11.1 Å². The normalized spacial score (nSPS) is 10.2. The SMILES string of the molecule is Cc1cccc(C)c1OCCOc1cccc([N+](=O)[O-])c1. The van der Waals surface area contributed by atoms with Gasteiger partial charge in [0.1, 0.15) is 24.7 Å². The number of nitro benzene ring substituents is 1. The number of hydrogen-bond donors (Lipinski definition) is 0. The zero-order chi connectivity index (χ0) is 15.2. The molecule has 2 aromatic rings. The molecule has 0 aliphatic rings. The van der Waals surface area contributed by atoms with Crippen molar-refractivity contribution in [2.45, 2.75) is 13.8 Å². The van der Waals surface area contributed by atoms with Gasteiger partial charge in [0.2, 0.25) is 0 Å². The van der Waals surface area contributed by atoms with E-state index in [1.807, 2.05) is 32.0 Å². The second kappa shape index (κ2) is 6.74. The molecule has 0 aliphatic heterocycles. The van der Waals surface area contributed by atoms with Crippen LogP contribution in [0.5, 0.6) is 11.5 Å². The Labute approximate surface area is 123 Å². The maximum absolute atomic E-state index is 10.7. The van der Waals surface area contributed by atoms with E-state index in [1.54, 1.807) is 12.1 Å². The molecule has 21 heavy (non-hydrogen) atoms. The molecule has 0 bridgehead atoms. The molecule has 0 N–H and O–H groups in total. The fourth-order valence-electron chi connectivity index (χ4n) is 2.02. The van der Waals surface area contributed by atoms with Crippen LogP contribution in [-0.4, -0.2) is 18.1 Å². The molecule has 0 aliphatic carbocycles. The number of non-ortho nitro benzene ring substituents is 1. The van der Waals surface area contributed by atoms with Gasteiger partial charge >= 0.3 is 0 Å². The summed E-state index contributed by atoms with van der Waals surface area (Å²) in [6, 6.07) is 12.1. The zero-order valence-electron chi connectivity index (χ0n) is 12.0. The number of ether oxygens (including phenoxy) is 2. The quantitative estimate of drug-likeness (QED) is 0.462.